The summed E-state index contributed by atoms with van der Waals surface area (Å²) in [5.74, 6) is 0. The summed E-state index contributed by atoms with van der Waals surface area (Å²) in [5.41, 5.74) is 5.24. The van der Waals surface area contributed by atoms with Crippen molar-refractivity contribution in [1.29, 1.82) is 0 Å². The van der Waals surface area contributed by atoms with E-state index in [-0.39, 0.29) is 5.41 Å². The van der Waals surface area contributed by atoms with Gasteiger partial charge in [0, 0.05) is 12.0 Å². The van der Waals surface area contributed by atoms with Crippen molar-refractivity contribution in [2.24, 2.45) is 0 Å². The first-order valence-electron chi connectivity index (χ1n) is 5.67. The molecule has 17 heavy (non-hydrogen) atoms. The molecule has 0 saturated heterocycles. The fraction of sp³-hybridized carbons (Fsp3) is 0.462. The lowest BCUT2D eigenvalue weighted by molar-refractivity contribution is 0.0870. The van der Waals surface area contributed by atoms with Gasteiger partial charge in [0.2, 0.25) is 0 Å². The van der Waals surface area contributed by atoms with Crippen LogP contribution in [0.15, 0.2) is 18.2 Å². The minimum atomic E-state index is 0.107. The number of fused-ring (bicyclic) bond motifs is 1. The van der Waals surface area contributed by atoms with Crippen LogP contribution in [0.4, 0.5) is 0 Å². The van der Waals surface area contributed by atoms with Crippen molar-refractivity contribution in [2.45, 2.75) is 32.7 Å². The number of para-hydroxylation sites is 1. The number of hydroxylamine groups is 1. The molecule has 2 aromatic rings. The minimum absolute atomic E-state index is 0.107. The van der Waals surface area contributed by atoms with E-state index in [0.717, 1.165) is 5.52 Å². The number of hydrogen-bond donors (Lipinski definition) is 1. The highest BCUT2D eigenvalue weighted by molar-refractivity contribution is 7.18. The monoisotopic (exact) mass is 250 g/mol. The Hall–Kier alpha value is -0.970. The van der Waals surface area contributed by atoms with Gasteiger partial charge in [-0.3, -0.25) is 0 Å². The molecule has 0 bridgehead atoms. The molecule has 2 rings (SSSR count). The van der Waals surface area contributed by atoms with Gasteiger partial charge in [0.05, 0.1) is 22.3 Å². The minimum Gasteiger partial charge on any atom is -0.305 e. The first kappa shape index (κ1) is 12.5. The van der Waals surface area contributed by atoms with Crippen LogP contribution in [0.5, 0.6) is 0 Å². The number of aromatic nitrogens is 1. The fourth-order valence-electron chi connectivity index (χ4n) is 1.62. The molecule has 0 aliphatic heterocycles. The summed E-state index contributed by atoms with van der Waals surface area (Å²) < 4.78 is 1.24. The van der Waals surface area contributed by atoms with Crippen molar-refractivity contribution in [3.63, 3.8) is 0 Å². The Morgan fingerprint density at radius 2 is 2.12 bits per heavy atom. The van der Waals surface area contributed by atoms with Crippen LogP contribution in [0.2, 0.25) is 0 Å². The molecule has 1 aromatic heterocycles. The molecule has 0 aliphatic rings. The van der Waals surface area contributed by atoms with E-state index in [1.165, 1.54) is 15.3 Å². The molecule has 0 amide bonds. The lowest BCUT2D eigenvalue weighted by atomic mass is 9.98. The Balaban J connectivity index is 2.45. The summed E-state index contributed by atoms with van der Waals surface area (Å²) in [6.45, 7) is 7.26. The van der Waals surface area contributed by atoms with Crippen LogP contribution < -0.4 is 5.48 Å². The lowest BCUT2D eigenvalue weighted by Crippen LogP contribution is -2.12. The van der Waals surface area contributed by atoms with Crippen LogP contribution in [0.3, 0.4) is 0 Å². The molecule has 4 heteroatoms. The highest BCUT2D eigenvalue weighted by atomic mass is 32.1. The van der Waals surface area contributed by atoms with E-state index in [2.05, 4.69) is 44.5 Å². The Labute approximate surface area is 106 Å². The molecular formula is C13H18N2OS. The van der Waals surface area contributed by atoms with E-state index in [4.69, 9.17) is 9.82 Å². The summed E-state index contributed by atoms with van der Waals surface area (Å²) in [4.78, 5) is 9.65. The number of rotatable bonds is 3. The van der Waals surface area contributed by atoms with Crippen LogP contribution in [-0.4, -0.2) is 12.1 Å². The van der Waals surface area contributed by atoms with Gasteiger partial charge >= 0.3 is 0 Å². The van der Waals surface area contributed by atoms with Gasteiger partial charge in [0.1, 0.15) is 0 Å². The molecule has 3 nitrogen and oxygen atoms in total. The maximum absolute atomic E-state index is 4.89. The predicted molar refractivity (Wildman–Crippen MR) is 72.2 cm³/mol. The van der Waals surface area contributed by atoms with Gasteiger partial charge in [0.25, 0.3) is 0 Å². The van der Waals surface area contributed by atoms with Crippen LogP contribution in [-0.2, 0) is 16.8 Å². The first-order valence-corrected chi connectivity index (χ1v) is 6.49. The number of nitrogens with one attached hydrogen (secondary N) is 1. The smallest absolute Gasteiger partial charge is 0.0992 e. The zero-order valence-corrected chi connectivity index (χ0v) is 11.5. The van der Waals surface area contributed by atoms with Crippen molar-refractivity contribution in [3.8, 4) is 0 Å². The number of hydrogen-bond acceptors (Lipinski definition) is 4. The lowest BCUT2D eigenvalue weighted by Gasteiger charge is -2.13. The fourth-order valence-corrected chi connectivity index (χ4v) is 2.69. The highest BCUT2D eigenvalue weighted by Gasteiger charge is 2.19. The third-order valence-electron chi connectivity index (χ3n) is 2.55. The number of benzene rings is 1. The molecule has 0 aliphatic carbocycles. The quantitative estimate of drug-likeness (QED) is 0.849. The van der Waals surface area contributed by atoms with E-state index >= 15 is 0 Å². The number of thiazole rings is 1. The van der Waals surface area contributed by atoms with Gasteiger partial charge in [-0.25, -0.2) is 4.98 Å². The van der Waals surface area contributed by atoms with E-state index in [0.29, 0.717) is 6.54 Å². The normalized spacial score (nSPS) is 12.2. The van der Waals surface area contributed by atoms with Crippen LogP contribution in [0.1, 0.15) is 31.3 Å². The van der Waals surface area contributed by atoms with Crippen LogP contribution >= 0.6 is 11.3 Å². The van der Waals surface area contributed by atoms with Crippen molar-refractivity contribution in [1.82, 2.24) is 10.5 Å². The summed E-state index contributed by atoms with van der Waals surface area (Å²) in [6, 6.07) is 6.28. The van der Waals surface area contributed by atoms with E-state index in [1.54, 1.807) is 18.4 Å². The largest absolute Gasteiger partial charge is 0.305 e. The Bertz CT molecular complexity index is 514. The molecule has 1 heterocycles. The second-order valence-electron chi connectivity index (χ2n) is 5.06. The van der Waals surface area contributed by atoms with Crippen molar-refractivity contribution >= 4 is 21.6 Å². The second kappa shape index (κ2) is 4.72. The zero-order valence-electron chi connectivity index (χ0n) is 10.7. The molecule has 0 atom stereocenters. The van der Waals surface area contributed by atoms with Gasteiger partial charge in [-0.2, -0.15) is 5.48 Å². The molecule has 0 radical (unpaired) electrons. The van der Waals surface area contributed by atoms with Gasteiger partial charge in [-0.1, -0.05) is 32.9 Å². The Kier molecular flexibility index (Phi) is 3.47. The SMILES string of the molecule is CONCc1cccc2sc(C(C)(C)C)nc12. The molecular weight excluding hydrogens is 232 g/mol. The van der Waals surface area contributed by atoms with Crippen LogP contribution in [0, 0.1) is 0 Å². The van der Waals surface area contributed by atoms with E-state index in [1.807, 2.05) is 0 Å². The maximum Gasteiger partial charge on any atom is 0.0992 e. The Morgan fingerprint density at radius 3 is 2.76 bits per heavy atom. The standard InChI is InChI=1S/C13H18N2OS/c1-13(2,3)12-15-11-9(8-14-16-4)6-5-7-10(11)17-12/h5-7,14H,8H2,1-4H3. The topological polar surface area (TPSA) is 34.1 Å². The van der Waals surface area contributed by atoms with Crippen LogP contribution in [0.25, 0.3) is 10.2 Å². The van der Waals surface area contributed by atoms with Gasteiger partial charge in [-0.15, -0.1) is 11.3 Å². The molecule has 0 unspecified atom stereocenters. The Morgan fingerprint density at radius 1 is 1.35 bits per heavy atom. The van der Waals surface area contributed by atoms with E-state index in [9.17, 15) is 0 Å². The summed E-state index contributed by atoms with van der Waals surface area (Å²) in [5, 5.41) is 1.18. The second-order valence-corrected chi connectivity index (χ2v) is 6.09. The average molecular weight is 250 g/mol. The molecule has 92 valence electrons. The summed E-state index contributed by atoms with van der Waals surface area (Å²) >= 11 is 1.77. The van der Waals surface area contributed by atoms with E-state index < -0.39 is 0 Å². The summed E-state index contributed by atoms with van der Waals surface area (Å²) in [6.07, 6.45) is 0. The van der Waals surface area contributed by atoms with Gasteiger partial charge in [0.15, 0.2) is 0 Å². The molecule has 0 fully saturated rings. The van der Waals surface area contributed by atoms with Gasteiger partial charge < -0.3 is 4.84 Å². The highest BCUT2D eigenvalue weighted by Crippen LogP contribution is 2.32. The molecule has 0 spiro atoms. The summed E-state index contributed by atoms with van der Waals surface area (Å²) in [7, 11) is 1.63. The van der Waals surface area contributed by atoms with Crippen molar-refractivity contribution < 1.29 is 4.84 Å². The average Bonchev–Trinajstić information content (AvgIpc) is 2.70. The van der Waals surface area contributed by atoms with Crippen molar-refractivity contribution in [2.75, 3.05) is 7.11 Å². The molecule has 0 saturated carbocycles. The van der Waals surface area contributed by atoms with Crippen molar-refractivity contribution in [3.05, 3.63) is 28.8 Å². The zero-order chi connectivity index (χ0) is 12.5. The van der Waals surface area contributed by atoms with Gasteiger partial charge in [-0.05, 0) is 11.6 Å². The first-order chi connectivity index (χ1) is 8.02. The molecule has 1 aromatic carbocycles. The predicted octanol–water partition coefficient (Wildman–Crippen LogP) is 3.24. The maximum atomic E-state index is 4.89. The third-order valence-corrected chi connectivity index (χ3v) is 4.00. The molecule has 1 N–H and O–H groups in total. The number of nitrogens with zero attached hydrogens (tertiary/aromatic N) is 1. The third kappa shape index (κ3) is 2.65.